The van der Waals surface area contributed by atoms with Gasteiger partial charge in [-0.15, -0.1) is 10.2 Å². The lowest BCUT2D eigenvalue weighted by Gasteiger charge is -2.13. The number of halogens is 2. The third-order valence-corrected chi connectivity index (χ3v) is 3.17. The second-order valence-corrected chi connectivity index (χ2v) is 4.82. The van der Waals surface area contributed by atoms with Crippen molar-refractivity contribution in [3.8, 4) is 11.5 Å². The molecular formula is C15H13F2N5O. The van der Waals surface area contributed by atoms with Gasteiger partial charge in [0, 0.05) is 12.4 Å². The average molecular weight is 317 g/mol. The summed E-state index contributed by atoms with van der Waals surface area (Å²) in [7, 11) is 0. The fourth-order valence-corrected chi connectivity index (χ4v) is 1.97. The predicted octanol–water partition coefficient (Wildman–Crippen LogP) is 3.64. The van der Waals surface area contributed by atoms with Gasteiger partial charge in [0.15, 0.2) is 0 Å². The summed E-state index contributed by atoms with van der Waals surface area (Å²) in [5.41, 5.74) is 1.47. The van der Waals surface area contributed by atoms with Gasteiger partial charge in [0.25, 0.3) is 11.8 Å². The molecule has 0 amide bonds. The first-order chi connectivity index (χ1) is 11.1. The van der Waals surface area contributed by atoms with Gasteiger partial charge in [0.2, 0.25) is 5.95 Å². The fourth-order valence-electron chi connectivity index (χ4n) is 1.97. The van der Waals surface area contributed by atoms with Gasteiger partial charge in [0.1, 0.15) is 0 Å². The lowest BCUT2D eigenvalue weighted by molar-refractivity contribution is 0.116. The highest BCUT2D eigenvalue weighted by molar-refractivity contribution is 5.50. The van der Waals surface area contributed by atoms with Crippen LogP contribution in [0.1, 0.15) is 30.8 Å². The number of benzene rings is 1. The summed E-state index contributed by atoms with van der Waals surface area (Å²) in [5.74, 6) is -0.346. The normalized spacial score (nSPS) is 12.3. The maximum atomic E-state index is 12.4. The molecule has 0 spiro atoms. The Kier molecular flexibility index (Phi) is 4.22. The quantitative estimate of drug-likeness (QED) is 0.774. The van der Waals surface area contributed by atoms with E-state index in [1.807, 2.05) is 37.3 Å². The van der Waals surface area contributed by atoms with Gasteiger partial charge in [-0.1, -0.05) is 30.3 Å². The van der Waals surface area contributed by atoms with Gasteiger partial charge >= 0.3 is 6.43 Å². The highest BCUT2D eigenvalue weighted by atomic mass is 19.3. The Labute approximate surface area is 130 Å². The number of hydrogen-bond acceptors (Lipinski definition) is 6. The second-order valence-electron chi connectivity index (χ2n) is 4.82. The smallest absolute Gasteiger partial charge is 0.314 e. The molecule has 0 bridgehead atoms. The Morgan fingerprint density at radius 2 is 1.74 bits per heavy atom. The zero-order valence-corrected chi connectivity index (χ0v) is 12.1. The minimum absolute atomic E-state index is 0.0240. The highest BCUT2D eigenvalue weighted by Crippen LogP contribution is 2.23. The number of alkyl halides is 2. The Balaban J connectivity index is 1.71. The number of anilines is 1. The van der Waals surface area contributed by atoms with Crippen molar-refractivity contribution in [2.75, 3.05) is 5.32 Å². The Morgan fingerprint density at radius 3 is 2.35 bits per heavy atom. The predicted molar refractivity (Wildman–Crippen MR) is 78.8 cm³/mol. The summed E-state index contributed by atoms with van der Waals surface area (Å²) in [6, 6.07) is 9.86. The van der Waals surface area contributed by atoms with Crippen LogP contribution in [-0.2, 0) is 0 Å². The first kappa shape index (κ1) is 15.0. The van der Waals surface area contributed by atoms with Crippen LogP contribution in [0.5, 0.6) is 0 Å². The number of rotatable bonds is 5. The summed E-state index contributed by atoms with van der Waals surface area (Å²) in [6.07, 6.45) is 0.0795. The molecular weight excluding hydrogens is 304 g/mol. The summed E-state index contributed by atoms with van der Waals surface area (Å²) in [4.78, 5) is 8.27. The van der Waals surface area contributed by atoms with Gasteiger partial charge in [-0.2, -0.15) is 8.78 Å². The van der Waals surface area contributed by atoms with E-state index in [2.05, 4.69) is 25.5 Å². The van der Waals surface area contributed by atoms with Crippen LogP contribution in [0.4, 0.5) is 14.7 Å². The fraction of sp³-hybridized carbons (Fsp3) is 0.200. The molecule has 1 atom stereocenters. The van der Waals surface area contributed by atoms with Gasteiger partial charge in [-0.05, 0) is 12.5 Å². The van der Waals surface area contributed by atoms with E-state index in [-0.39, 0.29) is 11.9 Å². The van der Waals surface area contributed by atoms with Crippen molar-refractivity contribution in [2.24, 2.45) is 0 Å². The van der Waals surface area contributed by atoms with Crippen LogP contribution in [0.3, 0.4) is 0 Å². The Morgan fingerprint density at radius 1 is 1.04 bits per heavy atom. The molecule has 2 aromatic heterocycles. The molecule has 0 aliphatic rings. The van der Waals surface area contributed by atoms with Crippen molar-refractivity contribution in [2.45, 2.75) is 19.4 Å². The van der Waals surface area contributed by atoms with E-state index in [0.717, 1.165) is 5.56 Å². The van der Waals surface area contributed by atoms with Gasteiger partial charge in [0.05, 0.1) is 11.6 Å². The van der Waals surface area contributed by atoms with Crippen LogP contribution in [0, 0.1) is 0 Å². The molecule has 8 heteroatoms. The third-order valence-electron chi connectivity index (χ3n) is 3.17. The van der Waals surface area contributed by atoms with Crippen LogP contribution >= 0.6 is 0 Å². The van der Waals surface area contributed by atoms with Crippen molar-refractivity contribution < 1.29 is 13.2 Å². The van der Waals surface area contributed by atoms with Crippen molar-refractivity contribution in [3.63, 3.8) is 0 Å². The highest BCUT2D eigenvalue weighted by Gasteiger charge is 2.17. The summed E-state index contributed by atoms with van der Waals surface area (Å²) < 4.78 is 29.7. The second kappa shape index (κ2) is 6.47. The number of nitrogens with zero attached hydrogens (tertiary/aromatic N) is 4. The van der Waals surface area contributed by atoms with Crippen LogP contribution in [-0.4, -0.2) is 20.2 Å². The van der Waals surface area contributed by atoms with Gasteiger partial charge in [-0.25, -0.2) is 9.97 Å². The molecule has 2 heterocycles. The van der Waals surface area contributed by atoms with Crippen molar-refractivity contribution in [1.82, 2.24) is 20.2 Å². The molecule has 118 valence electrons. The number of aromatic nitrogens is 4. The molecule has 1 N–H and O–H groups in total. The zero-order chi connectivity index (χ0) is 16.2. The van der Waals surface area contributed by atoms with Crippen molar-refractivity contribution in [3.05, 3.63) is 54.2 Å². The minimum atomic E-state index is -2.80. The van der Waals surface area contributed by atoms with E-state index in [9.17, 15) is 8.78 Å². The van der Waals surface area contributed by atoms with Gasteiger partial charge < -0.3 is 9.73 Å². The van der Waals surface area contributed by atoms with E-state index in [1.54, 1.807) is 0 Å². The first-order valence-electron chi connectivity index (χ1n) is 6.89. The lowest BCUT2D eigenvalue weighted by Crippen LogP contribution is -2.09. The monoisotopic (exact) mass is 317 g/mol. The van der Waals surface area contributed by atoms with E-state index >= 15 is 0 Å². The largest absolute Gasteiger partial charge is 0.415 e. The molecule has 0 saturated heterocycles. The van der Waals surface area contributed by atoms with Crippen LogP contribution in [0.15, 0.2) is 47.1 Å². The van der Waals surface area contributed by atoms with E-state index in [1.165, 1.54) is 12.4 Å². The topological polar surface area (TPSA) is 76.7 Å². The zero-order valence-electron chi connectivity index (χ0n) is 12.1. The van der Waals surface area contributed by atoms with E-state index < -0.39 is 12.3 Å². The number of hydrogen-bond donors (Lipinski definition) is 1. The Bertz CT molecular complexity index is 761. The Hall–Kier alpha value is -2.90. The molecule has 0 radical (unpaired) electrons. The van der Waals surface area contributed by atoms with Crippen LogP contribution < -0.4 is 5.32 Å². The SMILES string of the molecule is C[C@@H](Nc1ncc(-c2nnc(C(F)F)o2)cn1)c1ccccc1. The summed E-state index contributed by atoms with van der Waals surface area (Å²) in [5, 5.41) is 9.96. The summed E-state index contributed by atoms with van der Waals surface area (Å²) in [6.45, 7) is 1.99. The molecule has 1 aromatic carbocycles. The maximum Gasteiger partial charge on any atom is 0.314 e. The van der Waals surface area contributed by atoms with Crippen molar-refractivity contribution in [1.29, 1.82) is 0 Å². The molecule has 3 aromatic rings. The third kappa shape index (κ3) is 3.47. The molecule has 0 aliphatic heterocycles. The van der Waals surface area contributed by atoms with E-state index in [0.29, 0.717) is 11.5 Å². The van der Waals surface area contributed by atoms with E-state index in [4.69, 9.17) is 4.42 Å². The molecule has 6 nitrogen and oxygen atoms in total. The van der Waals surface area contributed by atoms with Crippen LogP contribution in [0.25, 0.3) is 11.5 Å². The van der Waals surface area contributed by atoms with Crippen LogP contribution in [0.2, 0.25) is 0 Å². The van der Waals surface area contributed by atoms with Crippen molar-refractivity contribution >= 4 is 5.95 Å². The molecule has 0 saturated carbocycles. The molecule has 0 aliphatic carbocycles. The minimum Gasteiger partial charge on any atom is -0.415 e. The first-order valence-corrected chi connectivity index (χ1v) is 6.89. The standard InChI is InChI=1S/C15H13F2N5O/c1-9(10-5-3-2-4-6-10)20-15-18-7-11(8-19-15)13-21-22-14(23-13)12(16)17/h2-9,12H,1H3,(H,18,19,20)/t9-/m1/s1. The maximum absolute atomic E-state index is 12.4. The average Bonchev–Trinajstić information content (AvgIpc) is 3.07. The molecule has 0 fully saturated rings. The molecule has 0 unspecified atom stereocenters. The molecule has 3 rings (SSSR count). The molecule has 23 heavy (non-hydrogen) atoms. The lowest BCUT2D eigenvalue weighted by atomic mass is 10.1. The summed E-state index contributed by atoms with van der Waals surface area (Å²) >= 11 is 0. The number of nitrogens with one attached hydrogen (secondary N) is 1. The van der Waals surface area contributed by atoms with Gasteiger partial charge in [-0.3, -0.25) is 0 Å².